The van der Waals surface area contributed by atoms with Gasteiger partial charge in [-0.1, -0.05) is 29.8 Å². The number of aromatic amines is 1. The van der Waals surface area contributed by atoms with Crippen LogP contribution in [0.25, 0.3) is 10.9 Å². The molecule has 1 aliphatic rings. The number of H-pyrrole nitrogens is 1. The van der Waals surface area contributed by atoms with Crippen LogP contribution in [-0.2, 0) is 17.6 Å². The Balaban J connectivity index is 1.54. The van der Waals surface area contributed by atoms with Crippen molar-refractivity contribution in [3.8, 4) is 5.75 Å². The molecule has 9 heteroatoms. The molecular formula is C20H23Cl2N5O2. The predicted octanol–water partition coefficient (Wildman–Crippen LogP) is 3.59. The van der Waals surface area contributed by atoms with Crippen LogP contribution in [0.1, 0.15) is 17.7 Å². The van der Waals surface area contributed by atoms with Crippen molar-refractivity contribution in [3.63, 3.8) is 0 Å². The third-order valence-corrected chi connectivity index (χ3v) is 5.48. The lowest BCUT2D eigenvalue weighted by molar-refractivity contribution is 0.152. The van der Waals surface area contributed by atoms with Gasteiger partial charge >= 0.3 is 0 Å². The summed E-state index contributed by atoms with van der Waals surface area (Å²) in [6.45, 7) is 0.602. The van der Waals surface area contributed by atoms with Crippen molar-refractivity contribution in [3.05, 3.63) is 46.0 Å². The first kappa shape index (κ1) is 20.2. The van der Waals surface area contributed by atoms with Crippen molar-refractivity contribution < 1.29 is 9.47 Å². The minimum Gasteiger partial charge on any atom is -0.485 e. The van der Waals surface area contributed by atoms with Gasteiger partial charge in [-0.15, -0.1) is 0 Å². The smallest absolute Gasteiger partial charge is 0.226 e. The normalized spacial score (nSPS) is 17.2. The summed E-state index contributed by atoms with van der Waals surface area (Å²) in [5, 5.41) is 4.93. The zero-order valence-electron chi connectivity index (χ0n) is 16.0. The van der Waals surface area contributed by atoms with Gasteiger partial charge in [-0.05, 0) is 42.5 Å². The molecule has 1 unspecified atom stereocenters. The predicted molar refractivity (Wildman–Crippen MR) is 115 cm³/mol. The molecule has 1 aromatic carbocycles. The second kappa shape index (κ2) is 8.75. The quantitative estimate of drug-likeness (QED) is 0.387. The van der Waals surface area contributed by atoms with Gasteiger partial charge in [-0.25, -0.2) is 4.98 Å². The highest BCUT2D eigenvalue weighted by molar-refractivity contribution is 6.33. The number of halogens is 2. The number of methoxy groups -OCH3 is 1. The number of hydrogen-bond acceptors (Lipinski definition) is 6. The van der Waals surface area contributed by atoms with Crippen LogP contribution in [0.15, 0.2) is 24.3 Å². The second-order valence-electron chi connectivity index (χ2n) is 7.20. The van der Waals surface area contributed by atoms with Gasteiger partial charge in [0.15, 0.2) is 16.7 Å². The Hall–Kier alpha value is -2.06. The van der Waals surface area contributed by atoms with Crippen molar-refractivity contribution >= 4 is 39.9 Å². The Bertz CT molecular complexity index is 1010. The molecule has 0 saturated carbocycles. The molecule has 2 heterocycles. The number of hydrogen-bond donors (Lipinski definition) is 3. The summed E-state index contributed by atoms with van der Waals surface area (Å²) < 4.78 is 10.9. The van der Waals surface area contributed by atoms with Crippen LogP contribution in [-0.4, -0.2) is 47.4 Å². The van der Waals surface area contributed by atoms with E-state index in [9.17, 15) is 0 Å². The minimum absolute atomic E-state index is 0.0645. The first-order valence-electron chi connectivity index (χ1n) is 9.50. The summed E-state index contributed by atoms with van der Waals surface area (Å²) in [6, 6.07) is 8.24. The van der Waals surface area contributed by atoms with Crippen LogP contribution in [0.2, 0.25) is 10.4 Å². The van der Waals surface area contributed by atoms with Gasteiger partial charge in [0, 0.05) is 29.7 Å². The number of nitrogens with zero attached hydrogens (tertiary/aromatic N) is 2. The Morgan fingerprint density at radius 1 is 1.28 bits per heavy atom. The van der Waals surface area contributed by atoms with Crippen LogP contribution in [0, 0.1) is 0 Å². The fourth-order valence-corrected chi connectivity index (χ4v) is 4.20. The number of para-hydroxylation sites is 1. The van der Waals surface area contributed by atoms with E-state index in [4.69, 9.17) is 38.4 Å². The number of rotatable bonds is 7. The van der Waals surface area contributed by atoms with Crippen LogP contribution < -0.4 is 15.8 Å². The lowest BCUT2D eigenvalue weighted by Crippen LogP contribution is -2.33. The number of anilines is 1. The average Bonchev–Trinajstić information content (AvgIpc) is 3.05. The van der Waals surface area contributed by atoms with Gasteiger partial charge in [0.1, 0.15) is 6.61 Å². The Morgan fingerprint density at radius 3 is 2.93 bits per heavy atom. The van der Waals surface area contributed by atoms with Gasteiger partial charge in [0.25, 0.3) is 0 Å². The molecule has 0 aliphatic heterocycles. The molecule has 2 aromatic heterocycles. The maximum absolute atomic E-state index is 6.28. The average molecular weight is 436 g/mol. The lowest BCUT2D eigenvalue weighted by Gasteiger charge is -2.25. The number of aryl methyl sites for hydroxylation is 1. The molecule has 29 heavy (non-hydrogen) atoms. The van der Waals surface area contributed by atoms with E-state index in [1.54, 1.807) is 7.11 Å². The number of nitrogens with two attached hydrogens (primary N) is 1. The van der Waals surface area contributed by atoms with Crippen molar-refractivity contribution in [2.75, 3.05) is 25.6 Å². The van der Waals surface area contributed by atoms with Crippen molar-refractivity contribution in [2.24, 2.45) is 5.73 Å². The van der Waals surface area contributed by atoms with Crippen LogP contribution in [0.3, 0.4) is 0 Å². The van der Waals surface area contributed by atoms with E-state index in [-0.39, 0.29) is 29.1 Å². The molecule has 3 aromatic rings. The van der Waals surface area contributed by atoms with Crippen LogP contribution >= 0.6 is 23.2 Å². The molecule has 4 rings (SSSR count). The Morgan fingerprint density at radius 2 is 2.10 bits per heavy atom. The molecule has 0 spiro atoms. The lowest BCUT2D eigenvalue weighted by atomic mass is 9.91. The second-order valence-corrected chi connectivity index (χ2v) is 7.90. The number of fused-ring (bicyclic) bond motifs is 3. The van der Waals surface area contributed by atoms with Crippen LogP contribution in [0.4, 0.5) is 5.82 Å². The number of benzene rings is 1. The molecule has 4 N–H and O–H groups in total. The van der Waals surface area contributed by atoms with E-state index < -0.39 is 0 Å². The van der Waals surface area contributed by atoms with E-state index in [0.29, 0.717) is 18.2 Å². The fraction of sp³-hybridized carbons (Fsp3) is 0.400. The molecule has 1 aliphatic carbocycles. The van der Waals surface area contributed by atoms with E-state index in [0.717, 1.165) is 19.3 Å². The summed E-state index contributed by atoms with van der Waals surface area (Å²) >= 11 is 12.3. The molecule has 0 amide bonds. The SMILES string of the molecule is COC[C@@H](N)COc1c(Cl)nc(Cl)nc1NC1CCc2[nH]c3ccccc3c2C1. The molecular weight excluding hydrogens is 413 g/mol. The molecule has 0 bridgehead atoms. The molecule has 154 valence electrons. The van der Waals surface area contributed by atoms with E-state index >= 15 is 0 Å². The molecule has 0 radical (unpaired) electrons. The highest BCUT2D eigenvalue weighted by atomic mass is 35.5. The van der Waals surface area contributed by atoms with Gasteiger partial charge in [0.2, 0.25) is 5.28 Å². The third kappa shape index (κ3) is 4.43. The highest BCUT2D eigenvalue weighted by Crippen LogP contribution is 2.35. The number of ether oxygens (including phenoxy) is 2. The first-order chi connectivity index (χ1) is 14.0. The zero-order chi connectivity index (χ0) is 20.4. The van der Waals surface area contributed by atoms with E-state index in [2.05, 4.69) is 38.5 Å². The first-order valence-corrected chi connectivity index (χ1v) is 10.3. The Kier molecular flexibility index (Phi) is 6.10. The third-order valence-electron chi connectivity index (χ3n) is 5.06. The fourth-order valence-electron chi connectivity index (χ4n) is 3.76. The maximum Gasteiger partial charge on any atom is 0.226 e. The summed E-state index contributed by atoms with van der Waals surface area (Å²) in [6.07, 6.45) is 2.76. The van der Waals surface area contributed by atoms with Crippen molar-refractivity contribution in [1.82, 2.24) is 15.0 Å². The highest BCUT2D eigenvalue weighted by Gasteiger charge is 2.25. The summed E-state index contributed by atoms with van der Waals surface area (Å²) in [4.78, 5) is 11.8. The van der Waals surface area contributed by atoms with E-state index in [1.165, 1.54) is 22.2 Å². The molecule has 0 saturated heterocycles. The van der Waals surface area contributed by atoms with E-state index in [1.807, 2.05) is 6.07 Å². The monoisotopic (exact) mass is 435 g/mol. The van der Waals surface area contributed by atoms with Gasteiger partial charge in [-0.2, -0.15) is 4.98 Å². The van der Waals surface area contributed by atoms with Crippen LogP contribution in [0.5, 0.6) is 5.75 Å². The molecule has 7 nitrogen and oxygen atoms in total. The largest absolute Gasteiger partial charge is 0.485 e. The van der Waals surface area contributed by atoms with Crippen molar-refractivity contribution in [1.29, 1.82) is 0 Å². The molecule has 2 atom stereocenters. The van der Waals surface area contributed by atoms with Gasteiger partial charge < -0.3 is 25.5 Å². The topological polar surface area (TPSA) is 98.1 Å². The summed E-state index contributed by atoms with van der Waals surface area (Å²) in [5.41, 5.74) is 9.76. The standard InChI is InChI=1S/C20H23Cl2N5O2/c1-28-9-11(23)10-29-17-18(21)26-20(22)27-19(17)24-12-6-7-16-14(8-12)13-4-2-3-5-15(13)25-16/h2-5,11-12,25H,6-10,23H2,1H3,(H,24,26,27)/t11-,12?/m1/s1. The summed E-state index contributed by atoms with van der Waals surface area (Å²) in [7, 11) is 1.59. The summed E-state index contributed by atoms with van der Waals surface area (Å²) in [5.74, 6) is 0.834. The number of nitrogens with one attached hydrogen (secondary N) is 2. The molecule has 0 fully saturated rings. The zero-order valence-corrected chi connectivity index (χ0v) is 17.6. The minimum atomic E-state index is -0.289. The number of aromatic nitrogens is 3. The van der Waals surface area contributed by atoms with Crippen molar-refractivity contribution in [2.45, 2.75) is 31.3 Å². The Labute approximate surface area is 178 Å². The van der Waals surface area contributed by atoms with Gasteiger partial charge in [-0.3, -0.25) is 0 Å². The maximum atomic E-state index is 6.28. The van der Waals surface area contributed by atoms with Gasteiger partial charge in [0.05, 0.1) is 12.6 Å².